The van der Waals surface area contributed by atoms with Crippen molar-refractivity contribution in [1.82, 2.24) is 9.97 Å². The van der Waals surface area contributed by atoms with Crippen LogP contribution in [0.4, 0.5) is 5.82 Å². The predicted octanol–water partition coefficient (Wildman–Crippen LogP) is 2.16. The Hall–Kier alpha value is -0.940. The zero-order valence-electron chi connectivity index (χ0n) is 6.44. The van der Waals surface area contributed by atoms with Crippen LogP contribution < -0.4 is 5.73 Å². The molecule has 0 aliphatic rings. The molecule has 0 unspecified atom stereocenters. The van der Waals surface area contributed by atoms with Crippen LogP contribution in [-0.4, -0.2) is 9.97 Å². The first-order valence-corrected chi connectivity index (χ1v) is 5.09. The molecule has 3 nitrogen and oxygen atoms in total. The van der Waals surface area contributed by atoms with Gasteiger partial charge in [0.05, 0.1) is 10.4 Å². The van der Waals surface area contributed by atoms with Gasteiger partial charge in [-0.15, -0.1) is 22.7 Å². The fraction of sp³-hybridized carbons (Fsp3) is 0.143. The van der Waals surface area contributed by atoms with E-state index >= 15 is 0 Å². The van der Waals surface area contributed by atoms with Crippen molar-refractivity contribution in [2.75, 3.05) is 5.73 Å². The summed E-state index contributed by atoms with van der Waals surface area (Å²) < 4.78 is 0. The zero-order valence-corrected chi connectivity index (χ0v) is 8.08. The molecule has 2 rings (SSSR count). The van der Waals surface area contributed by atoms with Gasteiger partial charge in [-0.1, -0.05) is 0 Å². The van der Waals surface area contributed by atoms with Gasteiger partial charge >= 0.3 is 0 Å². The molecule has 0 atom stereocenters. The van der Waals surface area contributed by atoms with E-state index in [0.717, 1.165) is 14.8 Å². The summed E-state index contributed by atoms with van der Waals surface area (Å²) in [4.78, 5) is 10.4. The number of nitrogens with two attached hydrogens (primary N) is 1. The van der Waals surface area contributed by atoms with Gasteiger partial charge in [-0.25, -0.2) is 4.98 Å². The molecule has 2 heterocycles. The number of rotatable bonds is 1. The van der Waals surface area contributed by atoms with E-state index in [1.807, 2.05) is 13.1 Å². The topological polar surface area (TPSA) is 51.8 Å². The molecule has 0 saturated carbocycles. The lowest BCUT2D eigenvalue weighted by atomic mass is 10.5. The molecule has 0 aliphatic heterocycles. The average Bonchev–Trinajstić information content (AvgIpc) is 2.61. The molecule has 2 aromatic heterocycles. The van der Waals surface area contributed by atoms with Crippen molar-refractivity contribution in [2.24, 2.45) is 0 Å². The second-order valence-electron chi connectivity index (χ2n) is 2.33. The minimum atomic E-state index is 0.628. The Morgan fingerprint density at radius 3 is 2.83 bits per heavy atom. The van der Waals surface area contributed by atoms with E-state index in [1.54, 1.807) is 28.2 Å². The lowest BCUT2D eigenvalue weighted by molar-refractivity contribution is 1.38. The summed E-state index contributed by atoms with van der Waals surface area (Å²) in [5.41, 5.74) is 7.42. The monoisotopic (exact) mass is 197 g/mol. The molecule has 0 bridgehead atoms. The number of thiazole rings is 2. The van der Waals surface area contributed by atoms with E-state index < -0.39 is 0 Å². The molecule has 0 aliphatic carbocycles. The minimum Gasteiger partial charge on any atom is -0.383 e. The van der Waals surface area contributed by atoms with Crippen LogP contribution in [0.15, 0.2) is 11.7 Å². The van der Waals surface area contributed by atoms with Crippen LogP contribution in [-0.2, 0) is 0 Å². The normalized spacial score (nSPS) is 10.4. The maximum Gasteiger partial charge on any atom is 0.138 e. The van der Waals surface area contributed by atoms with Gasteiger partial charge in [-0.3, -0.25) is 4.98 Å². The molecule has 0 aromatic carbocycles. The second kappa shape index (κ2) is 2.84. The van der Waals surface area contributed by atoms with Crippen LogP contribution >= 0.6 is 22.7 Å². The van der Waals surface area contributed by atoms with E-state index in [1.165, 1.54) is 0 Å². The predicted molar refractivity (Wildman–Crippen MR) is 52.4 cm³/mol. The lowest BCUT2D eigenvalue weighted by Crippen LogP contribution is -1.85. The maximum absolute atomic E-state index is 5.63. The third-order valence-electron chi connectivity index (χ3n) is 1.48. The van der Waals surface area contributed by atoms with E-state index in [4.69, 9.17) is 5.73 Å². The van der Waals surface area contributed by atoms with Gasteiger partial charge in [0.1, 0.15) is 10.8 Å². The minimum absolute atomic E-state index is 0.628. The number of aromatic nitrogens is 2. The number of hydrogen-bond donors (Lipinski definition) is 1. The number of hydrogen-bond acceptors (Lipinski definition) is 5. The van der Waals surface area contributed by atoms with Gasteiger partial charge in [0, 0.05) is 11.1 Å². The highest BCUT2D eigenvalue weighted by molar-refractivity contribution is 7.21. The summed E-state index contributed by atoms with van der Waals surface area (Å²) in [6.45, 7) is 1.97. The van der Waals surface area contributed by atoms with Crippen molar-refractivity contribution in [2.45, 2.75) is 6.92 Å². The van der Waals surface area contributed by atoms with E-state index in [2.05, 4.69) is 9.97 Å². The third kappa shape index (κ3) is 1.21. The summed E-state index contributed by atoms with van der Waals surface area (Å²) in [7, 11) is 0. The van der Waals surface area contributed by atoms with Crippen LogP contribution in [0.2, 0.25) is 0 Å². The first-order valence-electron chi connectivity index (χ1n) is 3.39. The molecule has 0 spiro atoms. The van der Waals surface area contributed by atoms with Gasteiger partial charge in [0.15, 0.2) is 0 Å². The molecular weight excluding hydrogens is 190 g/mol. The Morgan fingerprint density at radius 1 is 1.50 bits per heavy atom. The molecule has 0 amide bonds. The molecular formula is C7H7N3S2. The smallest absolute Gasteiger partial charge is 0.138 e. The third-order valence-corrected chi connectivity index (χ3v) is 3.40. The zero-order chi connectivity index (χ0) is 8.55. The van der Waals surface area contributed by atoms with Crippen molar-refractivity contribution in [3.05, 3.63) is 16.6 Å². The quantitative estimate of drug-likeness (QED) is 0.762. The van der Waals surface area contributed by atoms with Gasteiger partial charge < -0.3 is 5.73 Å². The van der Waals surface area contributed by atoms with Gasteiger partial charge in [0.2, 0.25) is 0 Å². The van der Waals surface area contributed by atoms with Crippen molar-refractivity contribution in [3.8, 4) is 9.88 Å². The van der Waals surface area contributed by atoms with Crippen LogP contribution in [0, 0.1) is 6.92 Å². The summed E-state index contributed by atoms with van der Waals surface area (Å²) in [6.07, 6.45) is 1.81. The Morgan fingerprint density at radius 2 is 2.33 bits per heavy atom. The summed E-state index contributed by atoms with van der Waals surface area (Å²) in [5, 5.41) is 0.965. The first kappa shape index (κ1) is 7.70. The number of nitrogen functional groups attached to an aromatic ring is 1. The highest BCUT2D eigenvalue weighted by Crippen LogP contribution is 2.30. The molecule has 2 N–H and O–H groups in total. The maximum atomic E-state index is 5.63. The fourth-order valence-corrected chi connectivity index (χ4v) is 2.35. The SMILES string of the molecule is Cc1sc(-c2cncs2)nc1N. The Kier molecular flexibility index (Phi) is 1.82. The Bertz CT molecular complexity index is 358. The Labute approximate surface area is 77.9 Å². The second-order valence-corrected chi connectivity index (χ2v) is 4.42. The van der Waals surface area contributed by atoms with Crippen molar-refractivity contribution >= 4 is 28.5 Å². The van der Waals surface area contributed by atoms with Crippen LogP contribution in [0.1, 0.15) is 4.88 Å². The number of anilines is 1. The fourth-order valence-electron chi connectivity index (χ4n) is 0.835. The molecule has 0 radical (unpaired) electrons. The van der Waals surface area contributed by atoms with E-state index in [0.29, 0.717) is 5.82 Å². The molecule has 2 aromatic rings. The van der Waals surface area contributed by atoms with E-state index in [-0.39, 0.29) is 0 Å². The first-order chi connectivity index (χ1) is 5.77. The summed E-state index contributed by atoms with van der Waals surface area (Å²) in [6, 6.07) is 0. The van der Waals surface area contributed by atoms with Crippen LogP contribution in [0.25, 0.3) is 9.88 Å². The number of aryl methyl sites for hydroxylation is 1. The standard InChI is InChI=1S/C7H7N3S2/c1-4-6(8)10-7(12-4)5-2-9-3-11-5/h2-3H,8H2,1H3. The summed E-state index contributed by atoms with van der Waals surface area (Å²) in [5.74, 6) is 0.628. The average molecular weight is 197 g/mol. The molecule has 62 valence electrons. The van der Waals surface area contributed by atoms with E-state index in [9.17, 15) is 0 Å². The molecule has 5 heteroatoms. The largest absolute Gasteiger partial charge is 0.383 e. The van der Waals surface area contributed by atoms with Crippen LogP contribution in [0.3, 0.4) is 0 Å². The highest BCUT2D eigenvalue weighted by Gasteiger charge is 2.07. The molecule has 0 fully saturated rings. The lowest BCUT2D eigenvalue weighted by Gasteiger charge is -1.83. The van der Waals surface area contributed by atoms with Crippen molar-refractivity contribution in [3.63, 3.8) is 0 Å². The van der Waals surface area contributed by atoms with Crippen LogP contribution in [0.5, 0.6) is 0 Å². The molecule has 0 saturated heterocycles. The van der Waals surface area contributed by atoms with Gasteiger partial charge in [-0.2, -0.15) is 0 Å². The van der Waals surface area contributed by atoms with Gasteiger partial charge in [0.25, 0.3) is 0 Å². The number of nitrogens with zero attached hydrogens (tertiary/aromatic N) is 2. The Balaban J connectivity index is 2.48. The highest BCUT2D eigenvalue weighted by atomic mass is 32.1. The van der Waals surface area contributed by atoms with Gasteiger partial charge in [-0.05, 0) is 6.92 Å². The van der Waals surface area contributed by atoms with Crippen molar-refractivity contribution < 1.29 is 0 Å². The van der Waals surface area contributed by atoms with Crippen molar-refractivity contribution in [1.29, 1.82) is 0 Å². The summed E-state index contributed by atoms with van der Waals surface area (Å²) >= 11 is 3.19. The molecule has 12 heavy (non-hydrogen) atoms.